The summed E-state index contributed by atoms with van der Waals surface area (Å²) in [6.45, 7) is 4.23. The van der Waals surface area contributed by atoms with E-state index in [1.807, 2.05) is 18.2 Å². The second-order valence-corrected chi connectivity index (χ2v) is 3.51. The molecule has 1 aliphatic heterocycles. The number of benzene rings is 1. The van der Waals surface area contributed by atoms with Crippen LogP contribution in [0.15, 0.2) is 30.3 Å². The van der Waals surface area contributed by atoms with E-state index in [0.717, 1.165) is 0 Å². The zero-order valence-electron chi connectivity index (χ0n) is 6.87. The minimum absolute atomic E-state index is 0.0708. The van der Waals surface area contributed by atoms with Crippen LogP contribution in [0.5, 0.6) is 0 Å². The number of hydrogen-bond donors (Lipinski definition) is 0. The Labute approximate surface area is 67.0 Å². The Hall–Kier alpha value is -0.820. The highest BCUT2D eigenvalue weighted by Crippen LogP contribution is 2.48. The summed E-state index contributed by atoms with van der Waals surface area (Å²) in [6.07, 6.45) is 0.323. The average molecular weight is 148 g/mol. The van der Waals surface area contributed by atoms with Crippen LogP contribution in [-0.4, -0.2) is 5.60 Å². The van der Waals surface area contributed by atoms with E-state index in [-0.39, 0.29) is 5.60 Å². The third-order valence-electron chi connectivity index (χ3n) is 2.10. The molecule has 1 nitrogen and oxygen atoms in total. The first kappa shape index (κ1) is 6.86. The van der Waals surface area contributed by atoms with Crippen LogP contribution in [0.25, 0.3) is 0 Å². The van der Waals surface area contributed by atoms with Crippen molar-refractivity contribution in [3.05, 3.63) is 35.9 Å². The molecule has 0 radical (unpaired) electrons. The fourth-order valence-corrected chi connectivity index (χ4v) is 1.37. The lowest BCUT2D eigenvalue weighted by molar-refractivity contribution is 0.325. The first-order valence-electron chi connectivity index (χ1n) is 3.93. The van der Waals surface area contributed by atoms with Gasteiger partial charge in [-0.2, -0.15) is 0 Å². The van der Waals surface area contributed by atoms with Crippen molar-refractivity contribution in [1.29, 1.82) is 0 Å². The smallest absolute Gasteiger partial charge is 0.112 e. The molecule has 1 saturated heterocycles. The van der Waals surface area contributed by atoms with Crippen molar-refractivity contribution >= 4 is 0 Å². The first-order chi connectivity index (χ1) is 5.20. The van der Waals surface area contributed by atoms with Crippen LogP contribution in [0.3, 0.4) is 0 Å². The van der Waals surface area contributed by atoms with E-state index >= 15 is 0 Å². The van der Waals surface area contributed by atoms with Crippen LogP contribution in [0.4, 0.5) is 0 Å². The lowest BCUT2D eigenvalue weighted by Gasteiger charge is -1.95. The third-order valence-corrected chi connectivity index (χ3v) is 2.10. The van der Waals surface area contributed by atoms with Crippen molar-refractivity contribution in [2.45, 2.75) is 25.6 Å². The molecule has 1 fully saturated rings. The van der Waals surface area contributed by atoms with Crippen molar-refractivity contribution in [2.75, 3.05) is 0 Å². The first-order valence-corrected chi connectivity index (χ1v) is 3.93. The summed E-state index contributed by atoms with van der Waals surface area (Å²) in [6, 6.07) is 10.3. The summed E-state index contributed by atoms with van der Waals surface area (Å²) >= 11 is 0. The highest BCUT2D eigenvalue weighted by atomic mass is 16.6. The maximum Gasteiger partial charge on any atom is 0.112 e. The molecule has 0 aromatic heterocycles. The Morgan fingerprint density at radius 1 is 1.18 bits per heavy atom. The average Bonchev–Trinajstić information content (AvgIpc) is 2.62. The maximum atomic E-state index is 5.49. The van der Waals surface area contributed by atoms with Gasteiger partial charge in [0.25, 0.3) is 0 Å². The van der Waals surface area contributed by atoms with Crippen LogP contribution in [0, 0.1) is 0 Å². The number of rotatable bonds is 1. The van der Waals surface area contributed by atoms with Crippen LogP contribution in [-0.2, 0) is 4.74 Å². The molecule has 1 aliphatic rings. The molecule has 0 aliphatic carbocycles. The molecule has 0 spiro atoms. The van der Waals surface area contributed by atoms with Crippen molar-refractivity contribution in [1.82, 2.24) is 0 Å². The number of hydrogen-bond acceptors (Lipinski definition) is 1. The van der Waals surface area contributed by atoms with Crippen molar-refractivity contribution in [3.8, 4) is 0 Å². The van der Waals surface area contributed by atoms with E-state index in [9.17, 15) is 0 Å². The molecule has 1 heteroatoms. The SMILES string of the molecule is CC1(C)O[C@H]1c1ccccc1. The molecule has 11 heavy (non-hydrogen) atoms. The molecule has 0 bridgehead atoms. The van der Waals surface area contributed by atoms with Gasteiger partial charge >= 0.3 is 0 Å². The Morgan fingerprint density at radius 3 is 2.18 bits per heavy atom. The Bertz CT molecular complexity index is 251. The largest absolute Gasteiger partial charge is 0.362 e. The molecule has 1 heterocycles. The lowest BCUT2D eigenvalue weighted by atomic mass is 10.0. The fraction of sp³-hybridized carbons (Fsp3) is 0.400. The molecule has 1 aromatic rings. The van der Waals surface area contributed by atoms with Crippen LogP contribution >= 0.6 is 0 Å². The van der Waals surface area contributed by atoms with E-state index in [4.69, 9.17) is 4.74 Å². The Balaban J connectivity index is 2.21. The standard InChI is InChI=1S/C10H12O/c1-10(2)9(11-10)8-6-4-3-5-7-8/h3-7,9H,1-2H3/t9-/m0/s1. The van der Waals surface area contributed by atoms with Gasteiger partial charge in [-0.1, -0.05) is 30.3 Å². The number of epoxide rings is 1. The highest BCUT2D eigenvalue weighted by molar-refractivity contribution is 5.24. The predicted molar refractivity (Wildman–Crippen MR) is 44.3 cm³/mol. The zero-order valence-corrected chi connectivity index (χ0v) is 6.87. The van der Waals surface area contributed by atoms with Gasteiger partial charge in [0, 0.05) is 0 Å². The number of ether oxygens (including phenoxy) is 1. The van der Waals surface area contributed by atoms with Gasteiger partial charge < -0.3 is 4.74 Å². The molecular formula is C10H12O. The van der Waals surface area contributed by atoms with E-state index in [1.54, 1.807) is 0 Å². The quantitative estimate of drug-likeness (QED) is 0.557. The summed E-state index contributed by atoms with van der Waals surface area (Å²) in [4.78, 5) is 0. The molecular weight excluding hydrogens is 136 g/mol. The molecule has 0 N–H and O–H groups in total. The Morgan fingerprint density at radius 2 is 1.73 bits per heavy atom. The molecule has 0 unspecified atom stereocenters. The van der Waals surface area contributed by atoms with Gasteiger partial charge in [0.1, 0.15) is 6.10 Å². The van der Waals surface area contributed by atoms with Gasteiger partial charge in [0.2, 0.25) is 0 Å². The van der Waals surface area contributed by atoms with Gasteiger partial charge in [-0.15, -0.1) is 0 Å². The minimum Gasteiger partial charge on any atom is -0.362 e. The normalized spacial score (nSPS) is 26.5. The van der Waals surface area contributed by atoms with Crippen LogP contribution < -0.4 is 0 Å². The summed E-state index contributed by atoms with van der Waals surface area (Å²) in [7, 11) is 0. The molecule has 1 aromatic carbocycles. The van der Waals surface area contributed by atoms with E-state index in [0.29, 0.717) is 6.10 Å². The summed E-state index contributed by atoms with van der Waals surface area (Å²) in [5.74, 6) is 0. The fourth-order valence-electron chi connectivity index (χ4n) is 1.37. The van der Waals surface area contributed by atoms with Crippen molar-refractivity contribution < 1.29 is 4.74 Å². The minimum atomic E-state index is 0.0708. The van der Waals surface area contributed by atoms with Crippen LogP contribution in [0.1, 0.15) is 25.5 Å². The van der Waals surface area contributed by atoms with E-state index in [1.165, 1.54) is 5.56 Å². The van der Waals surface area contributed by atoms with Gasteiger partial charge in [-0.05, 0) is 19.4 Å². The third kappa shape index (κ3) is 1.16. The summed E-state index contributed by atoms with van der Waals surface area (Å²) in [5, 5.41) is 0. The van der Waals surface area contributed by atoms with Gasteiger partial charge in [-0.25, -0.2) is 0 Å². The van der Waals surface area contributed by atoms with E-state index in [2.05, 4.69) is 26.0 Å². The maximum absolute atomic E-state index is 5.49. The Kier molecular flexibility index (Phi) is 1.30. The van der Waals surface area contributed by atoms with Gasteiger partial charge in [0.15, 0.2) is 0 Å². The highest BCUT2D eigenvalue weighted by Gasteiger charge is 2.48. The molecule has 0 saturated carbocycles. The van der Waals surface area contributed by atoms with Crippen molar-refractivity contribution in [2.24, 2.45) is 0 Å². The molecule has 58 valence electrons. The lowest BCUT2D eigenvalue weighted by Crippen LogP contribution is -1.96. The molecule has 2 rings (SSSR count). The van der Waals surface area contributed by atoms with Crippen LogP contribution in [0.2, 0.25) is 0 Å². The van der Waals surface area contributed by atoms with Crippen molar-refractivity contribution in [3.63, 3.8) is 0 Å². The summed E-state index contributed by atoms with van der Waals surface area (Å²) < 4.78 is 5.49. The predicted octanol–water partition coefficient (Wildman–Crippen LogP) is 2.54. The van der Waals surface area contributed by atoms with E-state index < -0.39 is 0 Å². The second kappa shape index (κ2) is 2.08. The zero-order chi connectivity index (χ0) is 7.90. The van der Waals surface area contributed by atoms with Gasteiger partial charge in [-0.3, -0.25) is 0 Å². The summed E-state index contributed by atoms with van der Waals surface area (Å²) in [5.41, 5.74) is 1.36. The molecule has 1 atom stereocenters. The molecule has 0 amide bonds. The topological polar surface area (TPSA) is 12.5 Å². The second-order valence-electron chi connectivity index (χ2n) is 3.51. The van der Waals surface area contributed by atoms with Gasteiger partial charge in [0.05, 0.1) is 5.60 Å². The monoisotopic (exact) mass is 148 g/mol.